The molecule has 0 aliphatic heterocycles. The minimum Gasteiger partial charge on any atom is -0.393 e. The van der Waals surface area contributed by atoms with Crippen molar-refractivity contribution in [1.82, 2.24) is 14.5 Å². The molecule has 96 valence electrons. The molecule has 0 unspecified atom stereocenters. The quantitative estimate of drug-likeness (QED) is 0.613. The zero-order chi connectivity index (χ0) is 12.7. The highest BCUT2D eigenvalue weighted by molar-refractivity contribution is 14.1. The summed E-state index contributed by atoms with van der Waals surface area (Å²) in [5.41, 5.74) is 0.904. The molecule has 0 saturated heterocycles. The Labute approximate surface area is 124 Å². The van der Waals surface area contributed by atoms with Crippen LogP contribution in [0.5, 0.6) is 0 Å². The summed E-state index contributed by atoms with van der Waals surface area (Å²) >= 11 is 8.40. The fraction of sp³-hybridized carbons (Fsp3) is 0.500. The average molecular weight is 378 g/mol. The van der Waals surface area contributed by atoms with Crippen LogP contribution in [-0.2, 0) is 0 Å². The van der Waals surface area contributed by atoms with Gasteiger partial charge in [0, 0.05) is 15.8 Å². The van der Waals surface area contributed by atoms with E-state index in [1.807, 2.05) is 0 Å². The first kappa shape index (κ1) is 12.6. The third-order valence-electron chi connectivity index (χ3n) is 3.58. The number of hydrogen-bond acceptors (Lipinski definition) is 3. The number of rotatable bonds is 1. The van der Waals surface area contributed by atoms with Crippen molar-refractivity contribution in [1.29, 1.82) is 0 Å². The van der Waals surface area contributed by atoms with Crippen LogP contribution < -0.4 is 0 Å². The van der Waals surface area contributed by atoms with Crippen molar-refractivity contribution in [2.75, 3.05) is 0 Å². The molecular formula is C12H13ClIN3O. The third-order valence-corrected chi connectivity index (χ3v) is 4.68. The summed E-state index contributed by atoms with van der Waals surface area (Å²) in [6, 6.07) is 0.408. The molecule has 1 aliphatic carbocycles. The van der Waals surface area contributed by atoms with Gasteiger partial charge >= 0.3 is 0 Å². The lowest BCUT2D eigenvalue weighted by Gasteiger charge is -2.26. The number of fused-ring (bicyclic) bond motifs is 1. The number of hydrogen-bond donors (Lipinski definition) is 1. The maximum Gasteiger partial charge on any atom is 0.146 e. The molecule has 1 aliphatic rings. The highest BCUT2D eigenvalue weighted by atomic mass is 127. The van der Waals surface area contributed by atoms with Crippen LogP contribution in [0.2, 0.25) is 5.15 Å². The predicted molar refractivity (Wildman–Crippen MR) is 78.8 cm³/mol. The van der Waals surface area contributed by atoms with Crippen LogP contribution in [0, 0.1) is 3.57 Å². The molecule has 3 rings (SSSR count). The van der Waals surface area contributed by atoms with Crippen LogP contribution in [-0.4, -0.2) is 25.7 Å². The van der Waals surface area contributed by atoms with Gasteiger partial charge < -0.3 is 9.67 Å². The molecular weight excluding hydrogens is 365 g/mol. The fourth-order valence-corrected chi connectivity index (χ4v) is 3.81. The van der Waals surface area contributed by atoms with Gasteiger partial charge in [0.25, 0.3) is 0 Å². The van der Waals surface area contributed by atoms with Gasteiger partial charge in [0.1, 0.15) is 17.1 Å². The van der Waals surface area contributed by atoms with Crippen LogP contribution >= 0.6 is 34.2 Å². The molecule has 1 N–H and O–H groups in total. The monoisotopic (exact) mass is 377 g/mol. The van der Waals surface area contributed by atoms with E-state index in [9.17, 15) is 5.11 Å². The zero-order valence-electron chi connectivity index (χ0n) is 9.68. The summed E-state index contributed by atoms with van der Waals surface area (Å²) in [5, 5.41) is 11.0. The molecule has 0 radical (unpaired) electrons. The van der Waals surface area contributed by atoms with E-state index >= 15 is 0 Å². The van der Waals surface area contributed by atoms with Gasteiger partial charge in [0.05, 0.1) is 11.5 Å². The lowest BCUT2D eigenvalue weighted by atomic mass is 9.93. The maximum atomic E-state index is 9.58. The fourth-order valence-electron chi connectivity index (χ4n) is 2.62. The van der Waals surface area contributed by atoms with Gasteiger partial charge in [-0.25, -0.2) is 9.97 Å². The molecule has 2 heterocycles. The molecule has 2 aromatic heterocycles. The van der Waals surface area contributed by atoms with Crippen molar-refractivity contribution in [2.24, 2.45) is 0 Å². The lowest BCUT2D eigenvalue weighted by molar-refractivity contribution is 0.111. The van der Waals surface area contributed by atoms with Gasteiger partial charge in [-0.3, -0.25) is 0 Å². The van der Waals surface area contributed by atoms with E-state index in [4.69, 9.17) is 11.6 Å². The molecule has 0 bridgehead atoms. The number of nitrogens with zero attached hydrogens (tertiary/aromatic N) is 3. The molecule has 0 amide bonds. The van der Waals surface area contributed by atoms with Gasteiger partial charge in [-0.2, -0.15) is 0 Å². The molecule has 1 saturated carbocycles. The second-order valence-corrected chi connectivity index (χ2v) is 6.23. The Bertz CT molecular complexity index is 578. The van der Waals surface area contributed by atoms with E-state index in [1.54, 1.807) is 0 Å². The Morgan fingerprint density at radius 1 is 1.28 bits per heavy atom. The van der Waals surface area contributed by atoms with Gasteiger partial charge in [0.2, 0.25) is 0 Å². The second kappa shape index (κ2) is 4.94. The van der Waals surface area contributed by atoms with Gasteiger partial charge in [-0.1, -0.05) is 11.6 Å². The standard InChI is InChI=1S/C12H13ClIN3O/c13-11-10-9(14)5-17(12(10)16-6-15-11)7-1-3-8(18)4-2-7/h5-8,18H,1-4H2. The van der Waals surface area contributed by atoms with E-state index in [2.05, 4.69) is 43.3 Å². The van der Waals surface area contributed by atoms with Crippen molar-refractivity contribution >= 4 is 45.2 Å². The Balaban J connectivity index is 2.05. The first-order valence-electron chi connectivity index (χ1n) is 6.01. The largest absolute Gasteiger partial charge is 0.393 e. The first-order chi connectivity index (χ1) is 8.66. The van der Waals surface area contributed by atoms with E-state index in [0.29, 0.717) is 11.2 Å². The average Bonchev–Trinajstić information content (AvgIpc) is 2.69. The summed E-state index contributed by atoms with van der Waals surface area (Å²) < 4.78 is 3.27. The van der Waals surface area contributed by atoms with Crippen molar-refractivity contribution in [3.63, 3.8) is 0 Å². The minimum atomic E-state index is -0.139. The predicted octanol–water partition coefficient (Wildman–Crippen LogP) is 3.17. The normalized spacial score (nSPS) is 24.6. The third kappa shape index (κ3) is 2.12. The Morgan fingerprint density at radius 3 is 2.72 bits per heavy atom. The smallest absolute Gasteiger partial charge is 0.146 e. The van der Waals surface area contributed by atoms with Gasteiger partial charge in [-0.05, 0) is 48.3 Å². The van der Waals surface area contributed by atoms with Crippen LogP contribution in [0.4, 0.5) is 0 Å². The summed E-state index contributed by atoms with van der Waals surface area (Å²) in [6.07, 6.45) is 7.16. The van der Waals surface area contributed by atoms with Crippen LogP contribution in [0.25, 0.3) is 11.0 Å². The first-order valence-corrected chi connectivity index (χ1v) is 7.47. The molecule has 0 spiro atoms. The summed E-state index contributed by atoms with van der Waals surface area (Å²) in [6.45, 7) is 0. The minimum absolute atomic E-state index is 0.139. The van der Waals surface area contributed by atoms with Crippen molar-refractivity contribution in [3.8, 4) is 0 Å². The summed E-state index contributed by atoms with van der Waals surface area (Å²) in [4.78, 5) is 8.39. The van der Waals surface area contributed by atoms with E-state index in [0.717, 1.165) is 40.3 Å². The maximum absolute atomic E-state index is 9.58. The van der Waals surface area contributed by atoms with Crippen molar-refractivity contribution < 1.29 is 5.11 Å². The number of aliphatic hydroxyl groups is 1. The van der Waals surface area contributed by atoms with Gasteiger partial charge in [0.15, 0.2) is 0 Å². The highest BCUT2D eigenvalue weighted by Gasteiger charge is 2.23. The second-order valence-electron chi connectivity index (χ2n) is 4.71. The Hall–Kier alpha value is -0.400. The summed E-state index contributed by atoms with van der Waals surface area (Å²) in [5.74, 6) is 0. The highest BCUT2D eigenvalue weighted by Crippen LogP contribution is 2.34. The number of aliphatic hydroxyl groups excluding tert-OH is 1. The molecule has 1 fully saturated rings. The zero-order valence-corrected chi connectivity index (χ0v) is 12.6. The molecule has 6 heteroatoms. The molecule has 4 nitrogen and oxygen atoms in total. The van der Waals surface area contributed by atoms with E-state index in [1.165, 1.54) is 6.33 Å². The summed E-state index contributed by atoms with van der Waals surface area (Å²) in [7, 11) is 0. The number of halogens is 2. The molecule has 0 aromatic carbocycles. The van der Waals surface area contributed by atoms with E-state index in [-0.39, 0.29) is 6.10 Å². The molecule has 18 heavy (non-hydrogen) atoms. The van der Waals surface area contributed by atoms with E-state index < -0.39 is 0 Å². The van der Waals surface area contributed by atoms with Gasteiger partial charge in [-0.15, -0.1) is 0 Å². The Kier molecular flexibility index (Phi) is 3.46. The molecule has 0 atom stereocenters. The van der Waals surface area contributed by atoms with Crippen LogP contribution in [0.1, 0.15) is 31.7 Å². The Morgan fingerprint density at radius 2 is 2.00 bits per heavy atom. The lowest BCUT2D eigenvalue weighted by Crippen LogP contribution is -2.20. The van der Waals surface area contributed by atoms with Crippen molar-refractivity contribution in [2.45, 2.75) is 37.8 Å². The SMILES string of the molecule is OC1CCC(n2cc(I)c3c(Cl)ncnc32)CC1. The number of aromatic nitrogens is 3. The van der Waals surface area contributed by atoms with Crippen LogP contribution in [0.3, 0.4) is 0 Å². The topological polar surface area (TPSA) is 50.9 Å². The molecule has 2 aromatic rings. The van der Waals surface area contributed by atoms with Crippen LogP contribution in [0.15, 0.2) is 12.5 Å². The van der Waals surface area contributed by atoms with Crippen molar-refractivity contribution in [3.05, 3.63) is 21.2 Å².